The fourth-order valence-corrected chi connectivity index (χ4v) is 9.23. The van der Waals surface area contributed by atoms with Gasteiger partial charge in [-0.25, -0.2) is 8.42 Å². The molecule has 2 heterocycles. The van der Waals surface area contributed by atoms with E-state index in [1.54, 1.807) is 0 Å². The number of piperidine rings is 1. The first-order chi connectivity index (χ1) is 20.9. The Hall–Kier alpha value is -2.75. The van der Waals surface area contributed by atoms with E-state index in [0.29, 0.717) is 31.2 Å². The van der Waals surface area contributed by atoms with Crippen LogP contribution < -0.4 is 16.4 Å². The Balaban J connectivity index is 1.33. The molecule has 8 nitrogen and oxygen atoms in total. The van der Waals surface area contributed by atoms with Crippen molar-refractivity contribution in [3.63, 3.8) is 0 Å². The zero-order valence-corrected chi connectivity index (χ0v) is 27.3. The van der Waals surface area contributed by atoms with Crippen LogP contribution >= 0.6 is 0 Å². The molecule has 1 saturated carbocycles. The van der Waals surface area contributed by atoms with Gasteiger partial charge in [0.2, 0.25) is 11.8 Å². The average molecular weight is 623 g/mol. The van der Waals surface area contributed by atoms with E-state index in [0.717, 1.165) is 29.7 Å². The maximum atomic E-state index is 13.9. The Labute approximate surface area is 263 Å². The molecule has 1 aliphatic carbocycles. The number of carbonyl (C=O) groups excluding carboxylic acids is 2. The number of likely N-dealkylation sites (tertiary alicyclic amines) is 1. The van der Waals surface area contributed by atoms with Crippen molar-refractivity contribution in [3.05, 3.63) is 71.3 Å². The van der Waals surface area contributed by atoms with Crippen molar-refractivity contribution in [3.8, 4) is 0 Å². The summed E-state index contributed by atoms with van der Waals surface area (Å²) in [6, 6.07) is 16.2. The molecule has 6 atom stereocenters. The standard InChI is InChI=1S/C35H50N4O4S/c1-35(2,3)38-34(41)32-19-25-13-7-8-14-26(25)20-39(32)21-29(36)18-28(17-24-11-5-4-6-12-24)33(40)37-31-23-44(42,43)22-27-15-9-10-16-30(27)31/h4-6,9-12,15-16,25-26,28-29,31-32H,7-8,13-14,17-23,36H2,1-3H3,(H,37,40)(H,38,41)/t25-,26+,28+,29-,31+,32-/m0/s1. The fraction of sp³-hybridized carbons (Fsp3) is 0.600. The second-order valence-electron chi connectivity index (χ2n) is 14.4. The Kier molecular flexibility index (Phi) is 10.2. The molecule has 240 valence electrons. The first-order valence-corrected chi connectivity index (χ1v) is 18.1. The summed E-state index contributed by atoms with van der Waals surface area (Å²) in [7, 11) is -3.34. The van der Waals surface area contributed by atoms with E-state index >= 15 is 0 Å². The van der Waals surface area contributed by atoms with Gasteiger partial charge < -0.3 is 16.4 Å². The van der Waals surface area contributed by atoms with E-state index in [-0.39, 0.29) is 40.9 Å². The third-order valence-electron chi connectivity index (χ3n) is 9.60. The molecule has 2 amide bonds. The molecular weight excluding hydrogens is 572 g/mol. The Morgan fingerprint density at radius 3 is 2.41 bits per heavy atom. The molecule has 0 aromatic heterocycles. The second kappa shape index (κ2) is 13.7. The zero-order valence-electron chi connectivity index (χ0n) is 26.5. The van der Waals surface area contributed by atoms with Crippen LogP contribution in [0, 0.1) is 17.8 Å². The highest BCUT2D eigenvalue weighted by Crippen LogP contribution is 2.39. The number of hydrogen-bond acceptors (Lipinski definition) is 6. The van der Waals surface area contributed by atoms with Crippen molar-refractivity contribution < 1.29 is 18.0 Å². The number of amides is 2. The van der Waals surface area contributed by atoms with Gasteiger partial charge in [0.25, 0.3) is 0 Å². The molecule has 2 aromatic rings. The molecule has 0 unspecified atom stereocenters. The predicted octanol–water partition coefficient (Wildman–Crippen LogP) is 4.14. The van der Waals surface area contributed by atoms with E-state index < -0.39 is 21.8 Å². The first-order valence-electron chi connectivity index (χ1n) is 16.3. The SMILES string of the molecule is CC(C)(C)NC(=O)[C@@H]1C[C@@H]2CCCC[C@@H]2CN1C[C@@H](N)C[C@@H](Cc1ccccc1)C(=O)N[C@@H]1CS(=O)(=O)Cc2ccccc21. The van der Waals surface area contributed by atoms with Crippen molar-refractivity contribution in [1.29, 1.82) is 0 Å². The van der Waals surface area contributed by atoms with Crippen LogP contribution in [0.5, 0.6) is 0 Å². The number of nitrogens with one attached hydrogen (secondary N) is 2. The summed E-state index contributed by atoms with van der Waals surface area (Å²) in [5, 5.41) is 6.30. The minimum atomic E-state index is -3.34. The lowest BCUT2D eigenvalue weighted by atomic mass is 9.72. The van der Waals surface area contributed by atoms with Crippen LogP contribution in [0.25, 0.3) is 0 Å². The van der Waals surface area contributed by atoms with Crippen molar-refractivity contribution in [2.75, 3.05) is 18.8 Å². The number of carbonyl (C=O) groups is 2. The second-order valence-corrected chi connectivity index (χ2v) is 16.6. The molecule has 3 aliphatic rings. The van der Waals surface area contributed by atoms with Crippen LogP contribution in [0.4, 0.5) is 0 Å². The van der Waals surface area contributed by atoms with Gasteiger partial charge in [0.1, 0.15) is 0 Å². The molecule has 44 heavy (non-hydrogen) atoms. The van der Waals surface area contributed by atoms with E-state index in [1.165, 1.54) is 25.7 Å². The van der Waals surface area contributed by atoms with Crippen LogP contribution in [0.2, 0.25) is 0 Å². The maximum Gasteiger partial charge on any atom is 0.237 e. The summed E-state index contributed by atoms with van der Waals surface area (Å²) in [6.45, 7) is 7.42. The Bertz CT molecular complexity index is 1410. The molecule has 0 bridgehead atoms. The highest BCUT2D eigenvalue weighted by molar-refractivity contribution is 7.90. The smallest absolute Gasteiger partial charge is 0.237 e. The maximum absolute atomic E-state index is 13.9. The quantitative estimate of drug-likeness (QED) is 0.387. The van der Waals surface area contributed by atoms with E-state index in [4.69, 9.17) is 5.73 Å². The summed E-state index contributed by atoms with van der Waals surface area (Å²) < 4.78 is 25.5. The molecule has 1 saturated heterocycles. The minimum Gasteiger partial charge on any atom is -0.350 e. The summed E-state index contributed by atoms with van der Waals surface area (Å²) in [6.07, 6.45) is 6.62. The number of rotatable bonds is 9. The van der Waals surface area contributed by atoms with Gasteiger partial charge in [-0.3, -0.25) is 14.5 Å². The molecule has 4 N–H and O–H groups in total. The molecule has 9 heteroatoms. The van der Waals surface area contributed by atoms with Crippen molar-refractivity contribution >= 4 is 21.7 Å². The van der Waals surface area contributed by atoms with Gasteiger partial charge in [0.05, 0.1) is 23.6 Å². The lowest BCUT2D eigenvalue weighted by molar-refractivity contribution is -0.132. The van der Waals surface area contributed by atoms with Gasteiger partial charge in [-0.15, -0.1) is 0 Å². The van der Waals surface area contributed by atoms with Gasteiger partial charge in [-0.1, -0.05) is 73.9 Å². The molecule has 0 radical (unpaired) electrons. The number of hydrogen-bond donors (Lipinski definition) is 3. The van der Waals surface area contributed by atoms with Crippen LogP contribution in [0.15, 0.2) is 54.6 Å². The van der Waals surface area contributed by atoms with Crippen LogP contribution in [0.1, 0.15) is 82.0 Å². The summed E-state index contributed by atoms with van der Waals surface area (Å²) >= 11 is 0. The molecule has 0 spiro atoms. The fourth-order valence-electron chi connectivity index (χ4n) is 7.60. The van der Waals surface area contributed by atoms with Gasteiger partial charge in [-0.2, -0.15) is 0 Å². The largest absolute Gasteiger partial charge is 0.350 e. The highest BCUT2D eigenvalue weighted by atomic mass is 32.2. The molecule has 5 rings (SSSR count). The number of nitrogens with zero attached hydrogens (tertiary/aromatic N) is 1. The third kappa shape index (κ3) is 8.49. The Morgan fingerprint density at radius 2 is 1.68 bits per heavy atom. The van der Waals surface area contributed by atoms with E-state index in [9.17, 15) is 18.0 Å². The van der Waals surface area contributed by atoms with Gasteiger partial charge in [0.15, 0.2) is 9.84 Å². The minimum absolute atomic E-state index is 0.00446. The number of benzene rings is 2. The average Bonchev–Trinajstić information content (AvgIpc) is 2.95. The van der Waals surface area contributed by atoms with Crippen LogP contribution in [-0.2, 0) is 31.6 Å². The summed E-state index contributed by atoms with van der Waals surface area (Å²) in [4.78, 5) is 29.7. The number of nitrogens with two attached hydrogens (primary N) is 1. The lowest BCUT2D eigenvalue weighted by Gasteiger charge is -2.46. The van der Waals surface area contributed by atoms with Gasteiger partial charge >= 0.3 is 0 Å². The van der Waals surface area contributed by atoms with Crippen molar-refractivity contribution in [2.24, 2.45) is 23.5 Å². The van der Waals surface area contributed by atoms with Gasteiger partial charge in [-0.05, 0) is 75.0 Å². The van der Waals surface area contributed by atoms with Crippen LogP contribution in [-0.4, -0.2) is 61.6 Å². The molecule has 2 aromatic carbocycles. The highest BCUT2D eigenvalue weighted by Gasteiger charge is 2.41. The normalized spacial score (nSPS) is 26.5. The van der Waals surface area contributed by atoms with Gasteiger partial charge in [0, 0.05) is 30.6 Å². The van der Waals surface area contributed by atoms with E-state index in [2.05, 4.69) is 15.5 Å². The predicted molar refractivity (Wildman–Crippen MR) is 174 cm³/mol. The molecular formula is C35H50N4O4S. The molecule has 2 fully saturated rings. The lowest BCUT2D eigenvalue weighted by Crippen LogP contribution is -2.59. The first kappa shape index (κ1) is 32.6. The van der Waals surface area contributed by atoms with Crippen molar-refractivity contribution in [1.82, 2.24) is 15.5 Å². The van der Waals surface area contributed by atoms with Crippen LogP contribution in [0.3, 0.4) is 0 Å². The zero-order chi connectivity index (χ0) is 31.5. The summed E-state index contributed by atoms with van der Waals surface area (Å²) in [5.41, 5.74) is 9.17. The van der Waals surface area contributed by atoms with E-state index in [1.807, 2.05) is 75.4 Å². The monoisotopic (exact) mass is 622 g/mol. The third-order valence-corrected chi connectivity index (χ3v) is 11.2. The van der Waals surface area contributed by atoms with Crippen molar-refractivity contribution in [2.45, 2.75) is 95.1 Å². The number of fused-ring (bicyclic) bond motifs is 2. The number of sulfone groups is 1. The topological polar surface area (TPSA) is 122 Å². The molecule has 2 aliphatic heterocycles. The summed E-state index contributed by atoms with van der Waals surface area (Å²) in [5.74, 6) is 0.456. The Morgan fingerprint density at radius 1 is 1.00 bits per heavy atom.